The molecular formula is C11H10ClN3. The molecule has 3 nitrogen and oxygen atoms in total. The van der Waals surface area contributed by atoms with Crippen molar-refractivity contribution in [3.05, 3.63) is 47.4 Å². The van der Waals surface area contributed by atoms with E-state index in [1.807, 2.05) is 18.2 Å². The molecule has 0 saturated heterocycles. The molecule has 0 spiro atoms. The molecule has 0 radical (unpaired) electrons. The third-order valence-electron chi connectivity index (χ3n) is 2.09. The molecule has 0 atom stereocenters. The van der Waals surface area contributed by atoms with Gasteiger partial charge in [-0.15, -0.1) is 0 Å². The summed E-state index contributed by atoms with van der Waals surface area (Å²) in [5, 5.41) is 0.615. The van der Waals surface area contributed by atoms with Crippen LogP contribution >= 0.6 is 11.6 Å². The standard InChI is InChI=1S/C11H10ClN3/c12-10-5-8(6-13)7-15-11(10)9-1-3-14-4-2-9/h1-5,7H,6,13H2. The minimum atomic E-state index is 0.448. The van der Waals surface area contributed by atoms with Gasteiger partial charge in [-0.1, -0.05) is 11.6 Å². The Labute approximate surface area is 92.9 Å². The highest BCUT2D eigenvalue weighted by molar-refractivity contribution is 6.33. The Hall–Kier alpha value is -1.45. The number of halogens is 1. The Balaban J connectivity index is 2.46. The highest BCUT2D eigenvalue weighted by atomic mass is 35.5. The molecule has 2 rings (SSSR count). The molecule has 76 valence electrons. The number of aromatic nitrogens is 2. The molecule has 2 heterocycles. The van der Waals surface area contributed by atoms with E-state index in [2.05, 4.69) is 9.97 Å². The fourth-order valence-corrected chi connectivity index (χ4v) is 1.61. The van der Waals surface area contributed by atoms with E-state index >= 15 is 0 Å². The molecule has 0 aliphatic rings. The van der Waals surface area contributed by atoms with Crippen LogP contribution in [0.2, 0.25) is 5.02 Å². The molecule has 0 unspecified atom stereocenters. The van der Waals surface area contributed by atoms with Crippen molar-refractivity contribution in [3.8, 4) is 11.3 Å². The molecule has 0 amide bonds. The number of nitrogens with zero attached hydrogens (tertiary/aromatic N) is 2. The van der Waals surface area contributed by atoms with Gasteiger partial charge in [0.2, 0.25) is 0 Å². The van der Waals surface area contributed by atoms with Gasteiger partial charge in [0.1, 0.15) is 0 Å². The van der Waals surface area contributed by atoms with Crippen LogP contribution in [-0.4, -0.2) is 9.97 Å². The molecule has 4 heteroatoms. The highest BCUT2D eigenvalue weighted by Crippen LogP contribution is 2.25. The SMILES string of the molecule is NCc1cnc(-c2ccncc2)c(Cl)c1. The molecule has 0 aliphatic heterocycles. The van der Waals surface area contributed by atoms with Gasteiger partial charge in [-0.25, -0.2) is 0 Å². The summed E-state index contributed by atoms with van der Waals surface area (Å²) in [6.45, 7) is 0.448. The number of rotatable bonds is 2. The number of pyridine rings is 2. The zero-order chi connectivity index (χ0) is 10.7. The lowest BCUT2D eigenvalue weighted by Crippen LogP contribution is -1.97. The highest BCUT2D eigenvalue weighted by Gasteiger charge is 2.05. The molecule has 0 aliphatic carbocycles. The van der Waals surface area contributed by atoms with Gasteiger partial charge in [0.15, 0.2) is 0 Å². The lowest BCUT2D eigenvalue weighted by Gasteiger charge is -2.04. The van der Waals surface area contributed by atoms with E-state index in [0.717, 1.165) is 16.8 Å². The first-order chi connectivity index (χ1) is 7.31. The summed E-state index contributed by atoms with van der Waals surface area (Å²) in [5.74, 6) is 0. The van der Waals surface area contributed by atoms with E-state index in [1.54, 1.807) is 18.6 Å². The zero-order valence-corrected chi connectivity index (χ0v) is 8.78. The van der Waals surface area contributed by atoms with E-state index in [9.17, 15) is 0 Å². The van der Waals surface area contributed by atoms with Crippen LogP contribution in [0.4, 0.5) is 0 Å². The van der Waals surface area contributed by atoms with Crippen molar-refractivity contribution < 1.29 is 0 Å². The summed E-state index contributed by atoms with van der Waals surface area (Å²) in [5.41, 5.74) is 8.14. The number of hydrogen-bond donors (Lipinski definition) is 1. The Kier molecular flexibility index (Phi) is 2.94. The predicted molar refractivity (Wildman–Crippen MR) is 60.4 cm³/mol. The van der Waals surface area contributed by atoms with Crippen molar-refractivity contribution in [1.29, 1.82) is 0 Å². The smallest absolute Gasteiger partial charge is 0.0889 e. The topological polar surface area (TPSA) is 51.8 Å². The third kappa shape index (κ3) is 2.14. The molecule has 15 heavy (non-hydrogen) atoms. The van der Waals surface area contributed by atoms with Gasteiger partial charge in [-0.3, -0.25) is 9.97 Å². The third-order valence-corrected chi connectivity index (χ3v) is 2.38. The Morgan fingerprint density at radius 3 is 2.60 bits per heavy atom. The van der Waals surface area contributed by atoms with Crippen LogP contribution in [0.1, 0.15) is 5.56 Å². The van der Waals surface area contributed by atoms with E-state index in [4.69, 9.17) is 17.3 Å². The van der Waals surface area contributed by atoms with Gasteiger partial charge in [-0.05, 0) is 23.8 Å². The summed E-state index contributed by atoms with van der Waals surface area (Å²) >= 11 is 6.10. The second-order valence-corrected chi connectivity index (χ2v) is 3.52. The lowest BCUT2D eigenvalue weighted by molar-refractivity contribution is 1.05. The van der Waals surface area contributed by atoms with E-state index < -0.39 is 0 Å². The maximum Gasteiger partial charge on any atom is 0.0889 e. The normalized spacial score (nSPS) is 10.3. The zero-order valence-electron chi connectivity index (χ0n) is 8.02. The summed E-state index contributed by atoms with van der Waals surface area (Å²) in [7, 11) is 0. The average Bonchev–Trinajstić information content (AvgIpc) is 2.30. The average molecular weight is 220 g/mol. The molecule has 2 aromatic heterocycles. The van der Waals surface area contributed by atoms with E-state index in [-0.39, 0.29) is 0 Å². The summed E-state index contributed by atoms with van der Waals surface area (Å²) < 4.78 is 0. The fraction of sp³-hybridized carbons (Fsp3) is 0.0909. The molecule has 2 N–H and O–H groups in total. The molecule has 0 fully saturated rings. The van der Waals surface area contributed by atoms with Crippen LogP contribution in [0.3, 0.4) is 0 Å². The maximum atomic E-state index is 6.10. The summed E-state index contributed by atoms with van der Waals surface area (Å²) in [6, 6.07) is 5.58. The number of hydrogen-bond acceptors (Lipinski definition) is 3. The largest absolute Gasteiger partial charge is 0.326 e. The van der Waals surface area contributed by atoms with Gasteiger partial charge in [0, 0.05) is 30.7 Å². The Morgan fingerprint density at radius 2 is 2.00 bits per heavy atom. The van der Waals surface area contributed by atoms with Crippen LogP contribution in [0, 0.1) is 0 Å². The molecule has 0 bridgehead atoms. The summed E-state index contributed by atoms with van der Waals surface area (Å²) in [6.07, 6.45) is 5.16. The maximum absolute atomic E-state index is 6.10. The van der Waals surface area contributed by atoms with E-state index in [0.29, 0.717) is 11.6 Å². The van der Waals surface area contributed by atoms with Crippen LogP contribution in [0.25, 0.3) is 11.3 Å². The number of nitrogens with two attached hydrogens (primary N) is 1. The van der Waals surface area contributed by atoms with Crippen LogP contribution in [-0.2, 0) is 6.54 Å². The van der Waals surface area contributed by atoms with Gasteiger partial charge < -0.3 is 5.73 Å². The van der Waals surface area contributed by atoms with Crippen molar-refractivity contribution in [1.82, 2.24) is 9.97 Å². The molecule has 2 aromatic rings. The molecule has 0 saturated carbocycles. The van der Waals surface area contributed by atoms with Gasteiger partial charge in [0.05, 0.1) is 10.7 Å². The van der Waals surface area contributed by atoms with Crippen molar-refractivity contribution in [2.24, 2.45) is 5.73 Å². The first-order valence-corrected chi connectivity index (χ1v) is 4.94. The fourth-order valence-electron chi connectivity index (χ4n) is 1.31. The van der Waals surface area contributed by atoms with Crippen molar-refractivity contribution in [3.63, 3.8) is 0 Å². The first kappa shape index (κ1) is 10.1. The van der Waals surface area contributed by atoms with Crippen LogP contribution in [0.5, 0.6) is 0 Å². The van der Waals surface area contributed by atoms with Gasteiger partial charge >= 0.3 is 0 Å². The predicted octanol–water partition coefficient (Wildman–Crippen LogP) is 2.26. The van der Waals surface area contributed by atoms with Gasteiger partial charge in [-0.2, -0.15) is 0 Å². The molecular weight excluding hydrogens is 210 g/mol. The van der Waals surface area contributed by atoms with Crippen LogP contribution < -0.4 is 5.73 Å². The first-order valence-electron chi connectivity index (χ1n) is 4.56. The van der Waals surface area contributed by atoms with Crippen LogP contribution in [0.15, 0.2) is 36.8 Å². The van der Waals surface area contributed by atoms with Gasteiger partial charge in [0.25, 0.3) is 0 Å². The van der Waals surface area contributed by atoms with Crippen molar-refractivity contribution in [2.75, 3.05) is 0 Å². The minimum absolute atomic E-state index is 0.448. The van der Waals surface area contributed by atoms with E-state index in [1.165, 1.54) is 0 Å². The molecule has 0 aromatic carbocycles. The van der Waals surface area contributed by atoms with Crippen molar-refractivity contribution in [2.45, 2.75) is 6.54 Å². The second kappa shape index (κ2) is 4.38. The monoisotopic (exact) mass is 219 g/mol. The Bertz CT molecular complexity index is 457. The van der Waals surface area contributed by atoms with Crippen molar-refractivity contribution >= 4 is 11.6 Å². The second-order valence-electron chi connectivity index (χ2n) is 3.11. The quantitative estimate of drug-likeness (QED) is 0.843. The Morgan fingerprint density at radius 1 is 1.27 bits per heavy atom. The summed E-state index contributed by atoms with van der Waals surface area (Å²) in [4.78, 5) is 8.22. The lowest BCUT2D eigenvalue weighted by atomic mass is 10.1. The minimum Gasteiger partial charge on any atom is -0.326 e.